The molecule has 0 saturated heterocycles. The highest BCUT2D eigenvalue weighted by Crippen LogP contribution is 2.27. The van der Waals surface area contributed by atoms with Crippen molar-refractivity contribution in [2.45, 2.75) is 4.90 Å². The number of nitro groups is 1. The van der Waals surface area contributed by atoms with Gasteiger partial charge in [-0.2, -0.15) is 0 Å². The summed E-state index contributed by atoms with van der Waals surface area (Å²) in [7, 11) is -2.60. The van der Waals surface area contributed by atoms with E-state index in [2.05, 4.69) is 9.71 Å². The SMILES string of the molecule is CN=C(NS(=O)(=O)c1ccc(Cl)c([N+](=O)[O-])c1)c1ccccc1. The Morgan fingerprint density at radius 1 is 1.22 bits per heavy atom. The fraction of sp³-hybridized carbons (Fsp3) is 0.0714. The Kier molecular flexibility index (Phi) is 4.97. The number of hydrogen-bond donors (Lipinski definition) is 1. The molecule has 0 fully saturated rings. The van der Waals surface area contributed by atoms with Crippen molar-refractivity contribution >= 4 is 33.1 Å². The molecule has 0 radical (unpaired) electrons. The molecule has 0 aliphatic heterocycles. The van der Waals surface area contributed by atoms with Gasteiger partial charge in [0.2, 0.25) is 0 Å². The van der Waals surface area contributed by atoms with E-state index in [0.717, 1.165) is 6.07 Å². The quantitative estimate of drug-likeness (QED) is 0.395. The van der Waals surface area contributed by atoms with E-state index in [1.165, 1.54) is 19.2 Å². The Morgan fingerprint density at radius 3 is 2.43 bits per heavy atom. The Hall–Kier alpha value is -2.45. The van der Waals surface area contributed by atoms with Crippen molar-refractivity contribution in [3.63, 3.8) is 0 Å². The number of hydrogen-bond acceptors (Lipinski definition) is 5. The Bertz CT molecular complexity index is 867. The maximum atomic E-state index is 12.4. The average Bonchev–Trinajstić information content (AvgIpc) is 2.53. The molecule has 7 nitrogen and oxygen atoms in total. The van der Waals surface area contributed by atoms with Crippen molar-refractivity contribution in [2.24, 2.45) is 4.99 Å². The minimum atomic E-state index is -4.04. The van der Waals surface area contributed by atoms with Crippen molar-refractivity contribution in [2.75, 3.05) is 7.05 Å². The number of sulfonamides is 1. The number of halogens is 1. The second-order valence-electron chi connectivity index (χ2n) is 4.41. The van der Waals surface area contributed by atoms with Crippen LogP contribution in [0.3, 0.4) is 0 Å². The minimum absolute atomic E-state index is 0.128. The van der Waals surface area contributed by atoms with Gasteiger partial charge in [0.05, 0.1) is 9.82 Å². The fourth-order valence-corrected chi connectivity index (χ4v) is 3.10. The van der Waals surface area contributed by atoms with Crippen molar-refractivity contribution in [3.05, 3.63) is 69.2 Å². The first-order chi connectivity index (χ1) is 10.8. The predicted octanol–water partition coefficient (Wildman–Crippen LogP) is 2.60. The Morgan fingerprint density at radius 2 is 1.87 bits per heavy atom. The molecule has 23 heavy (non-hydrogen) atoms. The fourth-order valence-electron chi connectivity index (χ4n) is 1.82. The van der Waals surface area contributed by atoms with Crippen LogP contribution in [0.25, 0.3) is 0 Å². The molecule has 0 aliphatic rings. The predicted molar refractivity (Wildman–Crippen MR) is 87.3 cm³/mol. The lowest BCUT2D eigenvalue weighted by molar-refractivity contribution is -0.384. The minimum Gasteiger partial charge on any atom is -0.271 e. The number of nitro benzene ring substituents is 1. The van der Waals surface area contributed by atoms with Gasteiger partial charge in [-0.15, -0.1) is 0 Å². The molecule has 2 rings (SSSR count). The summed E-state index contributed by atoms with van der Waals surface area (Å²) in [4.78, 5) is 13.8. The van der Waals surface area contributed by atoms with Crippen LogP contribution in [0, 0.1) is 10.1 Å². The second-order valence-corrected chi connectivity index (χ2v) is 6.50. The lowest BCUT2D eigenvalue weighted by Gasteiger charge is -2.10. The van der Waals surface area contributed by atoms with Crippen LogP contribution in [0.5, 0.6) is 0 Å². The molecule has 0 bridgehead atoms. The van der Waals surface area contributed by atoms with Crippen molar-refractivity contribution < 1.29 is 13.3 Å². The third-order valence-corrected chi connectivity index (χ3v) is 4.58. The Labute approximate surface area is 137 Å². The summed E-state index contributed by atoms with van der Waals surface area (Å²) in [5.74, 6) is 0.128. The van der Waals surface area contributed by atoms with Gasteiger partial charge in [-0.1, -0.05) is 41.9 Å². The maximum Gasteiger partial charge on any atom is 0.289 e. The molecule has 0 heterocycles. The highest BCUT2D eigenvalue weighted by molar-refractivity contribution is 7.90. The van der Waals surface area contributed by atoms with E-state index in [9.17, 15) is 18.5 Å². The van der Waals surface area contributed by atoms with Gasteiger partial charge in [0.15, 0.2) is 0 Å². The Balaban J connectivity index is 2.39. The lowest BCUT2D eigenvalue weighted by atomic mass is 10.2. The van der Waals surface area contributed by atoms with Crippen LogP contribution in [0.1, 0.15) is 5.56 Å². The molecule has 0 spiro atoms. The van der Waals surface area contributed by atoms with Gasteiger partial charge in [-0.25, -0.2) is 8.42 Å². The molecule has 0 saturated carbocycles. The summed E-state index contributed by atoms with van der Waals surface area (Å²) in [6, 6.07) is 11.9. The molecule has 2 aromatic rings. The smallest absolute Gasteiger partial charge is 0.271 e. The molecule has 0 aromatic heterocycles. The van der Waals surface area contributed by atoms with Crippen LogP contribution < -0.4 is 4.72 Å². The molecule has 0 amide bonds. The monoisotopic (exact) mass is 353 g/mol. The van der Waals surface area contributed by atoms with E-state index >= 15 is 0 Å². The molecular weight excluding hydrogens is 342 g/mol. The zero-order chi connectivity index (χ0) is 17.0. The van der Waals surface area contributed by atoms with Crippen molar-refractivity contribution in [1.29, 1.82) is 0 Å². The molecule has 1 N–H and O–H groups in total. The zero-order valence-electron chi connectivity index (χ0n) is 11.9. The first-order valence-corrected chi connectivity index (χ1v) is 8.20. The highest BCUT2D eigenvalue weighted by atomic mass is 35.5. The molecule has 2 aromatic carbocycles. The maximum absolute atomic E-state index is 12.4. The summed E-state index contributed by atoms with van der Waals surface area (Å²) in [5, 5.41) is 10.7. The number of nitrogens with one attached hydrogen (secondary N) is 1. The van der Waals surface area contributed by atoms with Crippen molar-refractivity contribution in [3.8, 4) is 0 Å². The van der Waals surface area contributed by atoms with Gasteiger partial charge >= 0.3 is 0 Å². The van der Waals surface area contributed by atoms with E-state index in [-0.39, 0.29) is 15.8 Å². The number of benzene rings is 2. The summed E-state index contributed by atoms with van der Waals surface area (Å²) >= 11 is 5.69. The van der Waals surface area contributed by atoms with Crippen LogP contribution in [0.2, 0.25) is 5.02 Å². The number of aliphatic imine (C=N–C) groups is 1. The molecule has 120 valence electrons. The molecule has 0 atom stereocenters. The normalized spacial score (nSPS) is 12.0. The van der Waals surface area contributed by atoms with Gasteiger partial charge in [0, 0.05) is 18.7 Å². The van der Waals surface area contributed by atoms with Crippen LogP contribution >= 0.6 is 11.6 Å². The first kappa shape index (κ1) is 16.9. The van der Waals surface area contributed by atoms with Crippen LogP contribution in [0.15, 0.2) is 58.4 Å². The van der Waals surface area contributed by atoms with E-state index in [1.54, 1.807) is 30.3 Å². The molecule has 0 aliphatic carbocycles. The van der Waals surface area contributed by atoms with Gasteiger partial charge in [0.25, 0.3) is 15.7 Å². The molecule has 9 heteroatoms. The van der Waals surface area contributed by atoms with E-state index in [4.69, 9.17) is 11.6 Å². The number of nitrogens with zero attached hydrogens (tertiary/aromatic N) is 2. The van der Waals surface area contributed by atoms with Crippen LogP contribution in [0.4, 0.5) is 5.69 Å². The lowest BCUT2D eigenvalue weighted by Crippen LogP contribution is -2.31. The molecule has 0 unspecified atom stereocenters. The van der Waals surface area contributed by atoms with E-state index in [1.807, 2.05) is 0 Å². The number of amidine groups is 1. The third-order valence-electron chi connectivity index (χ3n) is 2.93. The zero-order valence-corrected chi connectivity index (χ0v) is 13.5. The van der Waals surface area contributed by atoms with Crippen LogP contribution in [-0.2, 0) is 10.0 Å². The van der Waals surface area contributed by atoms with Gasteiger partial charge in [0.1, 0.15) is 10.9 Å². The standard InChI is InChI=1S/C14H12ClN3O4S/c1-16-14(10-5-3-2-4-6-10)17-23(21,22)11-7-8-12(15)13(9-11)18(19)20/h2-9H,1H3,(H,16,17). The highest BCUT2D eigenvalue weighted by Gasteiger charge is 2.22. The van der Waals surface area contributed by atoms with E-state index in [0.29, 0.717) is 5.56 Å². The first-order valence-electron chi connectivity index (χ1n) is 6.34. The summed E-state index contributed by atoms with van der Waals surface area (Å²) in [5.41, 5.74) is 0.0891. The summed E-state index contributed by atoms with van der Waals surface area (Å²) in [6.07, 6.45) is 0. The summed E-state index contributed by atoms with van der Waals surface area (Å²) < 4.78 is 27.1. The van der Waals surface area contributed by atoms with Crippen molar-refractivity contribution in [1.82, 2.24) is 4.72 Å². The van der Waals surface area contributed by atoms with Gasteiger partial charge < -0.3 is 0 Å². The van der Waals surface area contributed by atoms with Gasteiger partial charge in [-0.3, -0.25) is 19.8 Å². The largest absolute Gasteiger partial charge is 0.289 e. The average molecular weight is 354 g/mol. The second kappa shape index (κ2) is 6.76. The molecular formula is C14H12ClN3O4S. The van der Waals surface area contributed by atoms with E-state index < -0.39 is 20.6 Å². The van der Waals surface area contributed by atoms with Crippen LogP contribution in [-0.4, -0.2) is 26.2 Å². The summed E-state index contributed by atoms with van der Waals surface area (Å²) in [6.45, 7) is 0. The van der Waals surface area contributed by atoms with Gasteiger partial charge in [-0.05, 0) is 12.1 Å². The topological polar surface area (TPSA) is 102 Å². The number of rotatable bonds is 4. The third kappa shape index (κ3) is 3.85.